The molecule has 19 heavy (non-hydrogen) atoms. The lowest BCUT2D eigenvalue weighted by molar-refractivity contribution is 0.0993. The largest absolute Gasteiger partial charge is 0.294 e. The summed E-state index contributed by atoms with van der Waals surface area (Å²) in [5.41, 5.74) is 6.70. The van der Waals surface area contributed by atoms with Gasteiger partial charge in [0.15, 0.2) is 5.78 Å². The molecule has 2 rings (SSSR count). The molecule has 0 aliphatic heterocycles. The molecule has 0 radical (unpaired) electrons. The molecule has 2 aromatic carbocycles. The molecule has 0 saturated carbocycles. The van der Waals surface area contributed by atoms with Gasteiger partial charge in [-0.1, -0.05) is 35.4 Å². The Morgan fingerprint density at radius 3 is 2.05 bits per heavy atom. The van der Waals surface area contributed by atoms with Crippen molar-refractivity contribution in [3.05, 3.63) is 69.8 Å². The summed E-state index contributed by atoms with van der Waals surface area (Å²) < 4.78 is 0. The van der Waals surface area contributed by atoms with Crippen molar-refractivity contribution < 1.29 is 4.79 Å². The SMILES string of the molecule is Cc1cc(C)cc(C(=O)Cc2ccc(C)c(C)c2)c1. The zero-order valence-corrected chi connectivity index (χ0v) is 12.1. The van der Waals surface area contributed by atoms with E-state index in [9.17, 15) is 4.79 Å². The molecular formula is C18H20O. The minimum Gasteiger partial charge on any atom is -0.294 e. The van der Waals surface area contributed by atoms with Crippen molar-refractivity contribution in [3.63, 3.8) is 0 Å². The molecule has 0 spiro atoms. The van der Waals surface area contributed by atoms with Gasteiger partial charge in [-0.15, -0.1) is 0 Å². The van der Waals surface area contributed by atoms with Crippen molar-refractivity contribution in [2.24, 2.45) is 0 Å². The van der Waals surface area contributed by atoms with Crippen molar-refractivity contribution in [2.75, 3.05) is 0 Å². The molecule has 0 unspecified atom stereocenters. The highest BCUT2D eigenvalue weighted by Gasteiger charge is 2.08. The Labute approximate surface area is 115 Å². The number of hydrogen-bond acceptors (Lipinski definition) is 1. The highest BCUT2D eigenvalue weighted by molar-refractivity contribution is 5.97. The number of carbonyl (C=O) groups excluding carboxylic acids is 1. The summed E-state index contributed by atoms with van der Waals surface area (Å²) in [6.45, 7) is 8.23. The number of hydrogen-bond donors (Lipinski definition) is 0. The van der Waals surface area contributed by atoms with Gasteiger partial charge in [-0.05, 0) is 56.5 Å². The number of aryl methyl sites for hydroxylation is 4. The van der Waals surface area contributed by atoms with Crippen molar-refractivity contribution in [1.29, 1.82) is 0 Å². The first-order valence-corrected chi connectivity index (χ1v) is 6.63. The molecule has 0 bridgehead atoms. The van der Waals surface area contributed by atoms with Gasteiger partial charge < -0.3 is 0 Å². The highest BCUT2D eigenvalue weighted by Crippen LogP contribution is 2.15. The topological polar surface area (TPSA) is 17.1 Å². The molecule has 0 amide bonds. The van der Waals surface area contributed by atoms with Gasteiger partial charge in [0.05, 0.1) is 0 Å². The molecule has 0 aliphatic rings. The van der Waals surface area contributed by atoms with E-state index >= 15 is 0 Å². The molecule has 0 heterocycles. The fourth-order valence-electron chi connectivity index (χ4n) is 2.34. The van der Waals surface area contributed by atoms with E-state index in [1.54, 1.807) is 0 Å². The lowest BCUT2D eigenvalue weighted by Gasteiger charge is -2.07. The second kappa shape index (κ2) is 5.40. The summed E-state index contributed by atoms with van der Waals surface area (Å²) in [6, 6.07) is 12.3. The van der Waals surface area contributed by atoms with E-state index in [0.29, 0.717) is 6.42 Å². The Balaban J connectivity index is 2.22. The van der Waals surface area contributed by atoms with Crippen LogP contribution in [0.3, 0.4) is 0 Å². The quantitative estimate of drug-likeness (QED) is 0.742. The molecule has 98 valence electrons. The first-order chi connectivity index (χ1) is 8.95. The lowest BCUT2D eigenvalue weighted by atomic mass is 9.97. The summed E-state index contributed by atoms with van der Waals surface area (Å²) in [4.78, 5) is 12.3. The predicted molar refractivity (Wildman–Crippen MR) is 79.9 cm³/mol. The van der Waals surface area contributed by atoms with Crippen molar-refractivity contribution in [1.82, 2.24) is 0 Å². The van der Waals surface area contributed by atoms with Gasteiger partial charge in [-0.3, -0.25) is 4.79 Å². The Kier molecular flexibility index (Phi) is 3.84. The van der Waals surface area contributed by atoms with Gasteiger partial charge in [0, 0.05) is 12.0 Å². The summed E-state index contributed by atoms with van der Waals surface area (Å²) in [5, 5.41) is 0. The van der Waals surface area contributed by atoms with E-state index in [0.717, 1.165) is 22.3 Å². The smallest absolute Gasteiger partial charge is 0.167 e. The van der Waals surface area contributed by atoms with Crippen LogP contribution in [-0.2, 0) is 6.42 Å². The third-order valence-electron chi connectivity index (χ3n) is 3.48. The molecule has 0 aromatic heterocycles. The average Bonchev–Trinajstić information content (AvgIpc) is 2.32. The number of rotatable bonds is 3. The van der Waals surface area contributed by atoms with E-state index in [1.165, 1.54) is 11.1 Å². The van der Waals surface area contributed by atoms with E-state index in [4.69, 9.17) is 0 Å². The molecule has 0 saturated heterocycles. The molecule has 0 fully saturated rings. The first-order valence-electron chi connectivity index (χ1n) is 6.63. The van der Waals surface area contributed by atoms with Crippen LogP contribution in [0.15, 0.2) is 36.4 Å². The third kappa shape index (κ3) is 3.31. The standard InChI is InChI=1S/C18H20O/c1-12-7-13(2)9-17(8-12)18(19)11-16-6-5-14(3)15(4)10-16/h5-10H,11H2,1-4H3. The van der Waals surface area contributed by atoms with Crippen LogP contribution in [0.2, 0.25) is 0 Å². The Morgan fingerprint density at radius 2 is 1.47 bits per heavy atom. The zero-order chi connectivity index (χ0) is 14.0. The second-order valence-corrected chi connectivity index (χ2v) is 5.39. The number of benzene rings is 2. The van der Waals surface area contributed by atoms with Crippen molar-refractivity contribution in [3.8, 4) is 0 Å². The van der Waals surface area contributed by atoms with Crippen LogP contribution in [-0.4, -0.2) is 5.78 Å². The van der Waals surface area contributed by atoms with Gasteiger partial charge in [0.2, 0.25) is 0 Å². The van der Waals surface area contributed by atoms with Crippen LogP contribution in [0.1, 0.15) is 38.2 Å². The van der Waals surface area contributed by atoms with Crippen LogP contribution in [0.4, 0.5) is 0 Å². The molecule has 1 nitrogen and oxygen atoms in total. The fraction of sp³-hybridized carbons (Fsp3) is 0.278. The Morgan fingerprint density at radius 1 is 0.842 bits per heavy atom. The summed E-state index contributed by atoms with van der Waals surface area (Å²) in [6.07, 6.45) is 0.476. The predicted octanol–water partition coefficient (Wildman–Crippen LogP) is 4.35. The van der Waals surface area contributed by atoms with Crippen molar-refractivity contribution >= 4 is 5.78 Å². The van der Waals surface area contributed by atoms with Gasteiger partial charge in [0.25, 0.3) is 0 Å². The molecule has 0 atom stereocenters. The highest BCUT2D eigenvalue weighted by atomic mass is 16.1. The number of ketones is 1. The minimum absolute atomic E-state index is 0.190. The fourth-order valence-corrected chi connectivity index (χ4v) is 2.34. The Bertz CT molecular complexity index is 603. The van der Waals surface area contributed by atoms with E-state index in [-0.39, 0.29) is 5.78 Å². The van der Waals surface area contributed by atoms with Crippen LogP contribution < -0.4 is 0 Å². The first kappa shape index (κ1) is 13.5. The van der Waals surface area contributed by atoms with Crippen LogP contribution in [0.5, 0.6) is 0 Å². The maximum Gasteiger partial charge on any atom is 0.167 e. The van der Waals surface area contributed by atoms with E-state index < -0.39 is 0 Å². The summed E-state index contributed by atoms with van der Waals surface area (Å²) in [5.74, 6) is 0.190. The Hall–Kier alpha value is -1.89. The molecular weight excluding hydrogens is 232 g/mol. The van der Waals surface area contributed by atoms with E-state index in [1.807, 2.05) is 32.0 Å². The summed E-state index contributed by atoms with van der Waals surface area (Å²) in [7, 11) is 0. The van der Waals surface area contributed by atoms with Gasteiger partial charge in [0.1, 0.15) is 0 Å². The maximum absolute atomic E-state index is 12.3. The lowest BCUT2D eigenvalue weighted by Crippen LogP contribution is -2.04. The molecule has 2 aromatic rings. The van der Waals surface area contributed by atoms with Crippen LogP contribution in [0.25, 0.3) is 0 Å². The van der Waals surface area contributed by atoms with Gasteiger partial charge >= 0.3 is 0 Å². The summed E-state index contributed by atoms with van der Waals surface area (Å²) >= 11 is 0. The monoisotopic (exact) mass is 252 g/mol. The number of Topliss-reactive ketones (excluding diaryl/α,β-unsaturated/α-hetero) is 1. The van der Waals surface area contributed by atoms with Crippen LogP contribution in [0, 0.1) is 27.7 Å². The van der Waals surface area contributed by atoms with Crippen molar-refractivity contribution in [2.45, 2.75) is 34.1 Å². The van der Waals surface area contributed by atoms with Gasteiger partial charge in [-0.2, -0.15) is 0 Å². The second-order valence-electron chi connectivity index (χ2n) is 5.39. The van der Waals surface area contributed by atoms with Gasteiger partial charge in [-0.25, -0.2) is 0 Å². The molecule has 0 aliphatic carbocycles. The van der Waals surface area contributed by atoms with E-state index in [2.05, 4.69) is 32.0 Å². The normalized spacial score (nSPS) is 10.5. The average molecular weight is 252 g/mol. The molecule has 0 N–H and O–H groups in total. The van der Waals surface area contributed by atoms with Crippen LogP contribution >= 0.6 is 0 Å². The zero-order valence-electron chi connectivity index (χ0n) is 12.1. The number of carbonyl (C=O) groups is 1. The molecule has 1 heteroatoms. The minimum atomic E-state index is 0.190. The third-order valence-corrected chi connectivity index (χ3v) is 3.48. The maximum atomic E-state index is 12.3.